The van der Waals surface area contributed by atoms with Crippen molar-refractivity contribution < 1.29 is 0 Å². The van der Waals surface area contributed by atoms with Crippen molar-refractivity contribution in [3.63, 3.8) is 0 Å². The molecule has 94 valence electrons. The van der Waals surface area contributed by atoms with E-state index in [4.69, 9.17) is 5.73 Å². The Hall–Kier alpha value is -0.120. The van der Waals surface area contributed by atoms with Gasteiger partial charge in [-0.2, -0.15) is 0 Å². The van der Waals surface area contributed by atoms with E-state index in [0.717, 1.165) is 0 Å². The van der Waals surface area contributed by atoms with Gasteiger partial charge in [0.05, 0.1) is 0 Å². The van der Waals surface area contributed by atoms with E-state index in [1.54, 1.807) is 0 Å². The Kier molecular flexibility index (Phi) is 4.62. The molecule has 2 atom stereocenters. The van der Waals surface area contributed by atoms with E-state index in [1.165, 1.54) is 65.0 Å². The van der Waals surface area contributed by atoms with Crippen molar-refractivity contribution in [2.24, 2.45) is 11.7 Å². The van der Waals surface area contributed by atoms with Crippen molar-refractivity contribution in [3.05, 3.63) is 0 Å². The number of likely N-dealkylation sites (tertiary alicyclic amines) is 2. The first kappa shape index (κ1) is 12.3. The fourth-order valence-electron chi connectivity index (χ4n) is 2.92. The predicted octanol–water partition coefficient (Wildman–Crippen LogP) is 1.14. The molecule has 0 spiro atoms. The van der Waals surface area contributed by atoms with E-state index < -0.39 is 0 Å². The Morgan fingerprint density at radius 1 is 1.00 bits per heavy atom. The topological polar surface area (TPSA) is 32.5 Å². The fourth-order valence-corrected chi connectivity index (χ4v) is 2.92. The molecular formula is C13H27N3. The predicted molar refractivity (Wildman–Crippen MR) is 68.5 cm³/mol. The van der Waals surface area contributed by atoms with Crippen LogP contribution in [0.2, 0.25) is 0 Å². The number of piperidine rings is 2. The molecule has 2 rings (SSSR count). The SMILES string of the molecule is CC1CN(CCN2CCCCC2)CCC1N. The summed E-state index contributed by atoms with van der Waals surface area (Å²) in [5.74, 6) is 0.676. The lowest BCUT2D eigenvalue weighted by atomic mass is 9.95. The molecule has 0 amide bonds. The molecule has 2 heterocycles. The van der Waals surface area contributed by atoms with Gasteiger partial charge in [0, 0.05) is 25.7 Å². The second kappa shape index (κ2) is 5.99. The van der Waals surface area contributed by atoms with Gasteiger partial charge in [-0.25, -0.2) is 0 Å². The van der Waals surface area contributed by atoms with Gasteiger partial charge in [-0.1, -0.05) is 13.3 Å². The van der Waals surface area contributed by atoms with Crippen LogP contribution in [0.1, 0.15) is 32.6 Å². The molecule has 2 fully saturated rings. The lowest BCUT2D eigenvalue weighted by Gasteiger charge is -2.36. The maximum Gasteiger partial charge on any atom is 0.0109 e. The maximum absolute atomic E-state index is 6.04. The summed E-state index contributed by atoms with van der Waals surface area (Å²) >= 11 is 0. The Bertz CT molecular complexity index is 201. The highest BCUT2D eigenvalue weighted by atomic mass is 15.2. The average molecular weight is 225 g/mol. The Morgan fingerprint density at radius 3 is 2.38 bits per heavy atom. The van der Waals surface area contributed by atoms with Crippen LogP contribution in [-0.2, 0) is 0 Å². The van der Waals surface area contributed by atoms with E-state index >= 15 is 0 Å². The van der Waals surface area contributed by atoms with Gasteiger partial charge in [-0.3, -0.25) is 0 Å². The summed E-state index contributed by atoms with van der Waals surface area (Å²) in [6.07, 6.45) is 5.43. The van der Waals surface area contributed by atoms with E-state index in [1.807, 2.05) is 0 Å². The second-order valence-electron chi connectivity index (χ2n) is 5.63. The van der Waals surface area contributed by atoms with Gasteiger partial charge in [-0.15, -0.1) is 0 Å². The highest BCUT2D eigenvalue weighted by molar-refractivity contribution is 4.80. The molecule has 0 aromatic carbocycles. The molecule has 0 aromatic heterocycles. The Morgan fingerprint density at radius 2 is 1.69 bits per heavy atom. The zero-order chi connectivity index (χ0) is 11.4. The van der Waals surface area contributed by atoms with Crippen molar-refractivity contribution in [2.75, 3.05) is 39.3 Å². The number of hydrogen-bond acceptors (Lipinski definition) is 3. The normalized spacial score (nSPS) is 34.1. The van der Waals surface area contributed by atoms with Gasteiger partial charge >= 0.3 is 0 Å². The molecule has 2 N–H and O–H groups in total. The van der Waals surface area contributed by atoms with Crippen molar-refractivity contribution in [3.8, 4) is 0 Å². The van der Waals surface area contributed by atoms with E-state index in [-0.39, 0.29) is 0 Å². The van der Waals surface area contributed by atoms with Gasteiger partial charge in [-0.05, 0) is 44.8 Å². The summed E-state index contributed by atoms with van der Waals surface area (Å²) in [6, 6.07) is 0.436. The number of nitrogens with two attached hydrogens (primary N) is 1. The third-order valence-electron chi connectivity index (χ3n) is 4.24. The third kappa shape index (κ3) is 3.44. The maximum atomic E-state index is 6.04. The van der Waals surface area contributed by atoms with E-state index in [9.17, 15) is 0 Å². The Labute approximate surface area is 100.0 Å². The zero-order valence-electron chi connectivity index (χ0n) is 10.7. The van der Waals surface area contributed by atoms with Crippen molar-refractivity contribution in [1.82, 2.24) is 9.80 Å². The number of hydrogen-bond donors (Lipinski definition) is 1. The van der Waals surface area contributed by atoms with Gasteiger partial charge in [0.15, 0.2) is 0 Å². The molecule has 2 saturated heterocycles. The molecule has 0 aliphatic carbocycles. The standard InChI is InChI=1S/C13H27N3/c1-12-11-16(8-5-13(12)14)10-9-15-6-3-2-4-7-15/h12-13H,2-11,14H2,1H3. The smallest absolute Gasteiger partial charge is 0.0109 e. The highest BCUT2D eigenvalue weighted by Crippen LogP contribution is 2.15. The first-order chi connectivity index (χ1) is 7.75. The summed E-state index contributed by atoms with van der Waals surface area (Å²) in [5.41, 5.74) is 6.04. The van der Waals surface area contributed by atoms with Gasteiger partial charge in [0.1, 0.15) is 0 Å². The largest absolute Gasteiger partial charge is 0.327 e. The van der Waals surface area contributed by atoms with Crippen LogP contribution in [-0.4, -0.2) is 55.1 Å². The van der Waals surface area contributed by atoms with Gasteiger partial charge in [0.2, 0.25) is 0 Å². The van der Waals surface area contributed by atoms with Gasteiger partial charge < -0.3 is 15.5 Å². The average Bonchev–Trinajstić information content (AvgIpc) is 2.32. The van der Waals surface area contributed by atoms with E-state index in [2.05, 4.69) is 16.7 Å². The van der Waals surface area contributed by atoms with Crippen molar-refractivity contribution in [1.29, 1.82) is 0 Å². The lowest BCUT2D eigenvalue weighted by Crippen LogP contribution is -2.48. The fraction of sp³-hybridized carbons (Fsp3) is 1.00. The van der Waals surface area contributed by atoms with Crippen LogP contribution in [0.15, 0.2) is 0 Å². The molecule has 0 bridgehead atoms. The quantitative estimate of drug-likeness (QED) is 0.782. The summed E-state index contributed by atoms with van der Waals surface area (Å²) in [5, 5.41) is 0. The second-order valence-corrected chi connectivity index (χ2v) is 5.63. The minimum atomic E-state index is 0.436. The first-order valence-corrected chi connectivity index (χ1v) is 6.96. The van der Waals surface area contributed by atoms with Crippen LogP contribution in [0.3, 0.4) is 0 Å². The molecule has 0 aromatic rings. The van der Waals surface area contributed by atoms with E-state index in [0.29, 0.717) is 12.0 Å². The van der Waals surface area contributed by atoms with Crippen LogP contribution in [0.5, 0.6) is 0 Å². The first-order valence-electron chi connectivity index (χ1n) is 6.96. The monoisotopic (exact) mass is 225 g/mol. The summed E-state index contributed by atoms with van der Waals surface area (Å²) < 4.78 is 0. The molecule has 0 radical (unpaired) electrons. The molecule has 2 aliphatic rings. The molecular weight excluding hydrogens is 198 g/mol. The minimum absolute atomic E-state index is 0.436. The highest BCUT2D eigenvalue weighted by Gasteiger charge is 2.23. The summed E-state index contributed by atoms with van der Waals surface area (Å²) in [7, 11) is 0. The van der Waals surface area contributed by atoms with Crippen LogP contribution >= 0.6 is 0 Å². The van der Waals surface area contributed by atoms with Gasteiger partial charge in [0.25, 0.3) is 0 Å². The number of nitrogens with zero attached hydrogens (tertiary/aromatic N) is 2. The van der Waals surface area contributed by atoms with Crippen molar-refractivity contribution >= 4 is 0 Å². The molecule has 3 nitrogen and oxygen atoms in total. The van der Waals surface area contributed by atoms with Crippen LogP contribution in [0, 0.1) is 5.92 Å². The third-order valence-corrected chi connectivity index (χ3v) is 4.24. The van der Waals surface area contributed by atoms with Crippen molar-refractivity contribution in [2.45, 2.75) is 38.6 Å². The molecule has 16 heavy (non-hydrogen) atoms. The van der Waals surface area contributed by atoms with Crippen LogP contribution in [0.4, 0.5) is 0 Å². The molecule has 3 heteroatoms. The zero-order valence-corrected chi connectivity index (χ0v) is 10.7. The molecule has 2 aliphatic heterocycles. The van der Waals surface area contributed by atoms with Crippen LogP contribution < -0.4 is 5.73 Å². The Balaban J connectivity index is 1.65. The number of rotatable bonds is 3. The molecule has 2 unspecified atom stereocenters. The minimum Gasteiger partial charge on any atom is -0.327 e. The summed E-state index contributed by atoms with van der Waals surface area (Å²) in [4.78, 5) is 5.23. The molecule has 0 saturated carbocycles. The van der Waals surface area contributed by atoms with Crippen LogP contribution in [0.25, 0.3) is 0 Å². The lowest BCUT2D eigenvalue weighted by molar-refractivity contribution is 0.133. The summed E-state index contributed by atoms with van der Waals surface area (Å²) in [6.45, 7) is 9.86.